The lowest BCUT2D eigenvalue weighted by Crippen LogP contribution is -2.31. The van der Waals surface area contributed by atoms with Crippen LogP contribution in [0.3, 0.4) is 0 Å². The molecule has 0 aromatic carbocycles. The van der Waals surface area contributed by atoms with E-state index in [0.717, 1.165) is 24.1 Å². The van der Waals surface area contributed by atoms with Crippen LogP contribution in [0.2, 0.25) is 5.02 Å². The molecule has 1 aliphatic heterocycles. The van der Waals surface area contributed by atoms with Crippen molar-refractivity contribution in [1.29, 1.82) is 5.26 Å². The SMILES string of the molecule is Cc1c(-c2cc(O[C@H](CO)c3ccccn3)c3c(Cl)cnn3c2)nnn1C1CCN(C#N)CC1. The molecule has 1 atom stereocenters. The molecule has 4 aromatic heterocycles. The average Bonchev–Trinajstić information content (AvgIpc) is 3.45. The minimum absolute atomic E-state index is 0.187. The van der Waals surface area contributed by atoms with Crippen LogP contribution in [0.1, 0.15) is 36.4 Å². The zero-order valence-electron chi connectivity index (χ0n) is 18.5. The summed E-state index contributed by atoms with van der Waals surface area (Å²) in [7, 11) is 0. The lowest BCUT2D eigenvalue weighted by atomic mass is 10.0. The first-order valence-electron chi connectivity index (χ1n) is 11.0. The van der Waals surface area contributed by atoms with Crippen molar-refractivity contribution in [2.75, 3.05) is 19.7 Å². The number of pyridine rings is 2. The van der Waals surface area contributed by atoms with E-state index in [1.54, 1.807) is 33.9 Å². The summed E-state index contributed by atoms with van der Waals surface area (Å²) in [6, 6.07) is 7.48. The number of hydrogen-bond acceptors (Lipinski definition) is 8. The fourth-order valence-corrected chi connectivity index (χ4v) is 4.57. The van der Waals surface area contributed by atoms with Crippen molar-refractivity contribution in [1.82, 2.24) is 34.5 Å². The molecule has 0 unspecified atom stereocenters. The lowest BCUT2D eigenvalue weighted by molar-refractivity contribution is 0.114. The molecule has 0 spiro atoms. The highest BCUT2D eigenvalue weighted by molar-refractivity contribution is 6.34. The standard InChI is InChI=1S/C23H23ClN8O2/c1-15-22(28-29-32(15)17-5-8-30(14-25)9-6-17)16-10-20(23-18(24)11-27-31(23)12-16)34-21(13-33)19-4-2-3-7-26-19/h2-4,7,10-12,17,21,33H,5-6,8-9,13H2,1H3/t21-/m1/s1. The lowest BCUT2D eigenvalue weighted by Gasteiger charge is -2.28. The maximum atomic E-state index is 9.98. The predicted octanol–water partition coefficient (Wildman–Crippen LogP) is 3.18. The van der Waals surface area contributed by atoms with Crippen molar-refractivity contribution in [3.05, 3.63) is 59.3 Å². The summed E-state index contributed by atoms with van der Waals surface area (Å²) in [4.78, 5) is 6.07. The van der Waals surface area contributed by atoms with Crippen LogP contribution in [-0.4, -0.2) is 59.3 Å². The van der Waals surface area contributed by atoms with Gasteiger partial charge in [-0.2, -0.15) is 10.4 Å². The number of nitriles is 1. The Balaban J connectivity index is 1.51. The van der Waals surface area contributed by atoms with Crippen molar-refractivity contribution >= 4 is 17.1 Å². The second-order valence-corrected chi connectivity index (χ2v) is 8.62. The molecule has 34 heavy (non-hydrogen) atoms. The highest BCUT2D eigenvalue weighted by Crippen LogP contribution is 2.35. The molecule has 0 radical (unpaired) electrons. The van der Waals surface area contributed by atoms with E-state index in [0.29, 0.717) is 40.8 Å². The van der Waals surface area contributed by atoms with Gasteiger partial charge in [0.05, 0.1) is 35.3 Å². The molecule has 11 heteroatoms. The Bertz CT molecular complexity index is 1340. The van der Waals surface area contributed by atoms with E-state index in [1.807, 2.05) is 29.9 Å². The van der Waals surface area contributed by atoms with Gasteiger partial charge in [-0.05, 0) is 38.0 Å². The van der Waals surface area contributed by atoms with E-state index in [9.17, 15) is 5.11 Å². The smallest absolute Gasteiger partial charge is 0.179 e. The molecular weight excluding hydrogens is 456 g/mol. The van der Waals surface area contributed by atoms with E-state index in [2.05, 4.69) is 26.6 Å². The molecule has 0 amide bonds. The maximum absolute atomic E-state index is 9.98. The first-order chi connectivity index (χ1) is 16.6. The number of hydrogen-bond donors (Lipinski definition) is 1. The van der Waals surface area contributed by atoms with Crippen LogP contribution in [-0.2, 0) is 0 Å². The first-order valence-corrected chi connectivity index (χ1v) is 11.4. The van der Waals surface area contributed by atoms with E-state index in [1.165, 1.54) is 0 Å². The second-order valence-electron chi connectivity index (χ2n) is 8.21. The van der Waals surface area contributed by atoms with Crippen LogP contribution in [0.4, 0.5) is 0 Å². The topological polar surface area (TPSA) is 117 Å². The number of likely N-dealkylation sites (tertiary alicyclic amines) is 1. The number of halogens is 1. The highest BCUT2D eigenvalue weighted by Gasteiger charge is 2.25. The van der Waals surface area contributed by atoms with Crippen LogP contribution in [0.15, 0.2) is 42.9 Å². The number of piperidine rings is 1. The fourth-order valence-electron chi connectivity index (χ4n) is 4.34. The number of rotatable bonds is 6. The number of ether oxygens (including phenoxy) is 1. The molecule has 5 rings (SSSR count). The monoisotopic (exact) mass is 478 g/mol. The van der Waals surface area contributed by atoms with Crippen molar-refractivity contribution in [2.24, 2.45) is 0 Å². The predicted molar refractivity (Wildman–Crippen MR) is 124 cm³/mol. The Morgan fingerprint density at radius 1 is 1.32 bits per heavy atom. The largest absolute Gasteiger partial charge is 0.479 e. The number of aromatic nitrogens is 6. The fraction of sp³-hybridized carbons (Fsp3) is 0.348. The average molecular weight is 479 g/mol. The first kappa shape index (κ1) is 22.1. The summed E-state index contributed by atoms with van der Waals surface area (Å²) >= 11 is 6.41. The minimum Gasteiger partial charge on any atom is -0.479 e. The molecule has 1 fully saturated rings. The summed E-state index contributed by atoms with van der Waals surface area (Å²) in [5, 5.41) is 32.8. The molecule has 1 aliphatic rings. The number of aliphatic hydroxyl groups excluding tert-OH is 1. The Labute approximate surface area is 201 Å². The molecule has 5 heterocycles. The zero-order chi connectivity index (χ0) is 23.7. The maximum Gasteiger partial charge on any atom is 0.179 e. The zero-order valence-corrected chi connectivity index (χ0v) is 19.3. The van der Waals surface area contributed by atoms with E-state index >= 15 is 0 Å². The van der Waals surface area contributed by atoms with Crippen molar-refractivity contribution in [3.8, 4) is 23.2 Å². The molecular formula is C23H23ClN8O2. The van der Waals surface area contributed by atoms with Gasteiger partial charge in [-0.3, -0.25) is 4.98 Å². The van der Waals surface area contributed by atoms with E-state index in [-0.39, 0.29) is 12.6 Å². The summed E-state index contributed by atoms with van der Waals surface area (Å²) in [5.41, 5.74) is 3.59. The van der Waals surface area contributed by atoms with Gasteiger partial charge in [-0.15, -0.1) is 5.10 Å². The van der Waals surface area contributed by atoms with Crippen LogP contribution in [0.5, 0.6) is 5.75 Å². The summed E-state index contributed by atoms with van der Waals surface area (Å²) in [5.74, 6) is 0.459. The Morgan fingerprint density at radius 2 is 2.15 bits per heavy atom. The minimum atomic E-state index is -0.673. The molecule has 0 aliphatic carbocycles. The summed E-state index contributed by atoms with van der Waals surface area (Å²) in [6.07, 6.45) is 8.25. The number of nitrogens with zero attached hydrogens (tertiary/aromatic N) is 8. The van der Waals surface area contributed by atoms with Crippen LogP contribution in [0.25, 0.3) is 16.8 Å². The van der Waals surface area contributed by atoms with Gasteiger partial charge >= 0.3 is 0 Å². The van der Waals surface area contributed by atoms with Crippen molar-refractivity contribution < 1.29 is 9.84 Å². The van der Waals surface area contributed by atoms with E-state index < -0.39 is 6.10 Å². The van der Waals surface area contributed by atoms with Crippen molar-refractivity contribution in [2.45, 2.75) is 31.9 Å². The third kappa shape index (κ3) is 4.04. The van der Waals surface area contributed by atoms with Crippen molar-refractivity contribution in [3.63, 3.8) is 0 Å². The quantitative estimate of drug-likeness (QED) is 0.420. The highest BCUT2D eigenvalue weighted by atomic mass is 35.5. The van der Waals surface area contributed by atoms with Crippen LogP contribution in [0, 0.1) is 18.4 Å². The van der Waals surface area contributed by atoms with Gasteiger partial charge < -0.3 is 14.7 Å². The van der Waals surface area contributed by atoms with Gasteiger partial charge in [-0.25, -0.2) is 9.20 Å². The van der Waals surface area contributed by atoms with Gasteiger partial charge in [0.1, 0.15) is 17.0 Å². The summed E-state index contributed by atoms with van der Waals surface area (Å²) in [6.45, 7) is 3.15. The van der Waals surface area contributed by atoms with Gasteiger partial charge in [-0.1, -0.05) is 22.9 Å². The summed E-state index contributed by atoms with van der Waals surface area (Å²) < 4.78 is 9.78. The molecule has 0 bridgehead atoms. The van der Waals surface area contributed by atoms with Gasteiger partial charge in [0.2, 0.25) is 0 Å². The van der Waals surface area contributed by atoms with Crippen LogP contribution < -0.4 is 4.74 Å². The molecule has 4 aromatic rings. The van der Waals surface area contributed by atoms with Gasteiger partial charge in [0.15, 0.2) is 12.3 Å². The Kier molecular flexibility index (Phi) is 6.04. The number of aliphatic hydroxyl groups is 1. The van der Waals surface area contributed by atoms with E-state index in [4.69, 9.17) is 21.6 Å². The van der Waals surface area contributed by atoms with Gasteiger partial charge in [0.25, 0.3) is 0 Å². The molecule has 10 nitrogen and oxygen atoms in total. The molecule has 1 N–H and O–H groups in total. The second kappa shape index (κ2) is 9.29. The van der Waals surface area contributed by atoms with Crippen LogP contribution >= 0.6 is 11.6 Å². The third-order valence-electron chi connectivity index (χ3n) is 6.14. The Morgan fingerprint density at radius 3 is 2.85 bits per heavy atom. The molecule has 174 valence electrons. The third-order valence-corrected chi connectivity index (χ3v) is 6.41. The van der Waals surface area contributed by atoms with Gasteiger partial charge in [0, 0.05) is 31.0 Å². The normalized spacial score (nSPS) is 15.4. The Hall–Kier alpha value is -3.68. The molecule has 0 saturated carbocycles. The molecule has 1 saturated heterocycles. The number of fused-ring (bicyclic) bond motifs is 1.